The van der Waals surface area contributed by atoms with Crippen molar-refractivity contribution in [1.82, 2.24) is 24.7 Å². The summed E-state index contributed by atoms with van der Waals surface area (Å²) in [7, 11) is 2.20. The lowest BCUT2D eigenvalue weighted by Gasteiger charge is -2.42. The fraction of sp³-hybridized carbons (Fsp3) is 0.526. The molecular formula is C19H25N5O. The van der Waals surface area contributed by atoms with Crippen molar-refractivity contribution in [3.8, 4) is 0 Å². The van der Waals surface area contributed by atoms with Gasteiger partial charge in [0.15, 0.2) is 0 Å². The van der Waals surface area contributed by atoms with Crippen LogP contribution in [-0.4, -0.2) is 82.9 Å². The van der Waals surface area contributed by atoms with Gasteiger partial charge in [-0.1, -0.05) is 0 Å². The van der Waals surface area contributed by atoms with Crippen LogP contribution in [0.4, 0.5) is 0 Å². The number of pyridine rings is 2. The lowest BCUT2D eigenvalue weighted by atomic mass is 10.0. The molecule has 2 aliphatic rings. The summed E-state index contributed by atoms with van der Waals surface area (Å²) in [6, 6.07) is 4.31. The molecule has 0 bridgehead atoms. The Kier molecular flexibility index (Phi) is 4.63. The van der Waals surface area contributed by atoms with Crippen molar-refractivity contribution in [2.75, 3.05) is 46.3 Å². The number of piperidine rings is 1. The van der Waals surface area contributed by atoms with Crippen molar-refractivity contribution in [1.29, 1.82) is 0 Å². The molecule has 2 aliphatic heterocycles. The third kappa shape index (κ3) is 3.37. The molecule has 1 amide bonds. The summed E-state index contributed by atoms with van der Waals surface area (Å²) in [5.74, 6) is 0.0980. The normalized spacial score (nSPS) is 23.1. The van der Waals surface area contributed by atoms with Crippen LogP contribution >= 0.6 is 0 Å². The Morgan fingerprint density at radius 1 is 1.12 bits per heavy atom. The Hall–Kier alpha value is -2.05. The quantitative estimate of drug-likeness (QED) is 0.830. The fourth-order valence-corrected chi connectivity index (χ4v) is 4.07. The Labute approximate surface area is 148 Å². The number of hydrogen-bond acceptors (Lipinski definition) is 5. The van der Waals surface area contributed by atoms with Gasteiger partial charge in [-0.25, -0.2) is 0 Å². The zero-order valence-electron chi connectivity index (χ0n) is 14.8. The number of rotatable bonds is 2. The van der Waals surface area contributed by atoms with Crippen LogP contribution in [-0.2, 0) is 0 Å². The van der Waals surface area contributed by atoms with E-state index >= 15 is 0 Å². The smallest absolute Gasteiger partial charge is 0.254 e. The zero-order valence-corrected chi connectivity index (χ0v) is 14.8. The van der Waals surface area contributed by atoms with Gasteiger partial charge in [-0.15, -0.1) is 0 Å². The summed E-state index contributed by atoms with van der Waals surface area (Å²) < 4.78 is 0. The van der Waals surface area contributed by atoms with Gasteiger partial charge in [0.25, 0.3) is 5.91 Å². The van der Waals surface area contributed by atoms with Gasteiger partial charge < -0.3 is 9.80 Å². The minimum absolute atomic E-state index is 0.0980. The number of amides is 1. The van der Waals surface area contributed by atoms with Crippen molar-refractivity contribution in [3.63, 3.8) is 0 Å². The topological polar surface area (TPSA) is 52.6 Å². The SMILES string of the molecule is CN1CCC[C@H](N2CCN(C(=O)c3ccnc4ccncc34)CC2)C1. The van der Waals surface area contributed by atoms with Gasteiger partial charge in [-0.05, 0) is 38.6 Å². The highest BCUT2D eigenvalue weighted by Crippen LogP contribution is 2.20. The van der Waals surface area contributed by atoms with E-state index in [9.17, 15) is 4.79 Å². The van der Waals surface area contributed by atoms with Crippen LogP contribution in [0, 0.1) is 0 Å². The van der Waals surface area contributed by atoms with E-state index in [1.165, 1.54) is 19.4 Å². The summed E-state index contributed by atoms with van der Waals surface area (Å²) in [5.41, 5.74) is 1.54. The second-order valence-corrected chi connectivity index (χ2v) is 7.14. The highest BCUT2D eigenvalue weighted by molar-refractivity contribution is 6.05. The standard InChI is InChI=1S/C19H25N5O/c1-22-8-2-3-15(14-22)23-9-11-24(12-10-23)19(25)16-4-7-21-18-5-6-20-13-17(16)18/h4-7,13,15H,2-3,8-12,14H2,1H3/t15-/m0/s1. The Morgan fingerprint density at radius 2 is 1.96 bits per heavy atom. The van der Waals surface area contributed by atoms with E-state index in [0.717, 1.165) is 43.6 Å². The highest BCUT2D eigenvalue weighted by Gasteiger charge is 2.29. The first-order valence-electron chi connectivity index (χ1n) is 9.13. The molecule has 2 fully saturated rings. The number of piperazine rings is 1. The molecule has 2 aromatic rings. The number of likely N-dealkylation sites (tertiary alicyclic amines) is 1. The zero-order chi connectivity index (χ0) is 17.2. The molecular weight excluding hydrogens is 314 g/mol. The number of carbonyl (C=O) groups excluding carboxylic acids is 1. The van der Waals surface area contributed by atoms with Crippen LogP contribution in [0.25, 0.3) is 10.9 Å². The molecule has 4 rings (SSSR count). The molecule has 4 heterocycles. The third-order valence-corrected chi connectivity index (χ3v) is 5.49. The van der Waals surface area contributed by atoms with Gasteiger partial charge >= 0.3 is 0 Å². The molecule has 1 atom stereocenters. The maximum atomic E-state index is 13.0. The van der Waals surface area contributed by atoms with Gasteiger partial charge in [-0.2, -0.15) is 0 Å². The first-order chi connectivity index (χ1) is 12.2. The molecule has 6 nitrogen and oxygen atoms in total. The fourth-order valence-electron chi connectivity index (χ4n) is 4.07. The molecule has 0 aliphatic carbocycles. The summed E-state index contributed by atoms with van der Waals surface area (Å²) in [6.45, 7) is 5.87. The first-order valence-corrected chi connectivity index (χ1v) is 9.13. The van der Waals surface area contributed by atoms with E-state index in [-0.39, 0.29) is 5.91 Å². The van der Waals surface area contributed by atoms with Gasteiger partial charge in [0.1, 0.15) is 0 Å². The number of nitrogens with zero attached hydrogens (tertiary/aromatic N) is 5. The second kappa shape index (κ2) is 7.06. The molecule has 0 radical (unpaired) electrons. The average molecular weight is 339 g/mol. The van der Waals surface area contributed by atoms with Crippen molar-refractivity contribution in [2.24, 2.45) is 0 Å². The molecule has 25 heavy (non-hydrogen) atoms. The number of carbonyl (C=O) groups is 1. The maximum absolute atomic E-state index is 13.0. The summed E-state index contributed by atoms with van der Waals surface area (Å²) in [4.78, 5) is 28.4. The molecule has 0 aromatic carbocycles. The molecule has 0 N–H and O–H groups in total. The van der Waals surface area contributed by atoms with Crippen LogP contribution in [0.2, 0.25) is 0 Å². The van der Waals surface area contributed by atoms with Crippen LogP contribution in [0.1, 0.15) is 23.2 Å². The molecule has 0 saturated carbocycles. The number of fused-ring (bicyclic) bond motifs is 1. The van der Waals surface area contributed by atoms with E-state index in [1.54, 1.807) is 18.6 Å². The Morgan fingerprint density at radius 3 is 2.76 bits per heavy atom. The van der Waals surface area contributed by atoms with Gasteiger partial charge in [-0.3, -0.25) is 19.7 Å². The lowest BCUT2D eigenvalue weighted by Crippen LogP contribution is -2.55. The minimum Gasteiger partial charge on any atom is -0.336 e. The van der Waals surface area contributed by atoms with E-state index in [0.29, 0.717) is 11.6 Å². The minimum atomic E-state index is 0.0980. The van der Waals surface area contributed by atoms with Crippen LogP contribution in [0.5, 0.6) is 0 Å². The molecule has 0 unspecified atom stereocenters. The third-order valence-electron chi connectivity index (χ3n) is 5.49. The van der Waals surface area contributed by atoms with E-state index in [4.69, 9.17) is 0 Å². The van der Waals surface area contributed by atoms with Crippen molar-refractivity contribution in [2.45, 2.75) is 18.9 Å². The predicted molar refractivity (Wildman–Crippen MR) is 97.5 cm³/mol. The summed E-state index contributed by atoms with van der Waals surface area (Å²) >= 11 is 0. The molecule has 2 aromatic heterocycles. The molecule has 6 heteroatoms. The lowest BCUT2D eigenvalue weighted by molar-refractivity contribution is 0.0453. The van der Waals surface area contributed by atoms with Gasteiger partial charge in [0.05, 0.1) is 11.1 Å². The van der Waals surface area contributed by atoms with Crippen LogP contribution in [0.15, 0.2) is 30.7 Å². The monoisotopic (exact) mass is 339 g/mol. The van der Waals surface area contributed by atoms with E-state index in [1.807, 2.05) is 17.0 Å². The average Bonchev–Trinajstić information content (AvgIpc) is 2.67. The van der Waals surface area contributed by atoms with Crippen LogP contribution in [0.3, 0.4) is 0 Å². The van der Waals surface area contributed by atoms with Crippen molar-refractivity contribution < 1.29 is 4.79 Å². The Bertz CT molecular complexity index is 751. The number of likely N-dealkylation sites (N-methyl/N-ethyl adjacent to an activating group) is 1. The molecule has 2 saturated heterocycles. The van der Waals surface area contributed by atoms with E-state index in [2.05, 4.69) is 26.8 Å². The number of hydrogen-bond donors (Lipinski definition) is 0. The summed E-state index contributed by atoms with van der Waals surface area (Å²) in [6.07, 6.45) is 7.71. The molecule has 132 valence electrons. The number of aromatic nitrogens is 2. The highest BCUT2D eigenvalue weighted by atomic mass is 16.2. The summed E-state index contributed by atoms with van der Waals surface area (Å²) in [5, 5.41) is 0.839. The largest absolute Gasteiger partial charge is 0.336 e. The predicted octanol–water partition coefficient (Wildman–Crippen LogP) is 1.48. The van der Waals surface area contributed by atoms with Crippen molar-refractivity contribution in [3.05, 3.63) is 36.3 Å². The maximum Gasteiger partial charge on any atom is 0.254 e. The second-order valence-electron chi connectivity index (χ2n) is 7.14. The van der Waals surface area contributed by atoms with Crippen molar-refractivity contribution >= 4 is 16.8 Å². The first kappa shape index (κ1) is 16.4. The van der Waals surface area contributed by atoms with E-state index < -0.39 is 0 Å². The van der Waals surface area contributed by atoms with Gasteiger partial charge in [0.2, 0.25) is 0 Å². The molecule has 0 spiro atoms. The Balaban J connectivity index is 1.44. The van der Waals surface area contributed by atoms with Crippen LogP contribution < -0.4 is 0 Å². The van der Waals surface area contributed by atoms with Gasteiger partial charge in [0, 0.05) is 62.7 Å².